The average Bonchev–Trinajstić information content (AvgIpc) is 2.05. The minimum Gasteiger partial charge on any atom is -0.381 e. The van der Waals surface area contributed by atoms with Gasteiger partial charge in [-0.2, -0.15) is 5.26 Å². The van der Waals surface area contributed by atoms with E-state index in [2.05, 4.69) is 19.9 Å². The van der Waals surface area contributed by atoms with E-state index in [0.29, 0.717) is 5.92 Å². The molecule has 1 aliphatic heterocycles. The molecule has 0 aromatic rings. The molecule has 1 rings (SSSR count). The molecule has 0 unspecified atom stereocenters. The molecular weight excluding hydrogens is 265 g/mol. The zero-order valence-electron chi connectivity index (χ0n) is 8.55. The first-order chi connectivity index (χ1) is 5.68. The third-order valence-corrected chi connectivity index (χ3v) is 2.49. The summed E-state index contributed by atoms with van der Waals surface area (Å²) in [5, 5.41) is 9.08. The van der Waals surface area contributed by atoms with Crippen LogP contribution in [0.5, 0.6) is 0 Å². The average molecular weight is 282 g/mol. The van der Waals surface area contributed by atoms with Crippen molar-refractivity contribution in [3.8, 4) is 6.07 Å². The number of ether oxygens (including phenoxy) is 1. The van der Waals surface area contributed by atoms with E-state index in [4.69, 9.17) is 10.00 Å². The van der Waals surface area contributed by atoms with Crippen LogP contribution in [0.4, 0.5) is 0 Å². The van der Waals surface area contributed by atoms with Gasteiger partial charge >= 0.3 is 0 Å². The summed E-state index contributed by atoms with van der Waals surface area (Å²) >= 11 is 0. The second kappa shape index (κ2) is 5.93. The van der Waals surface area contributed by atoms with Gasteiger partial charge in [0, 0.05) is 39.1 Å². The van der Waals surface area contributed by atoms with Crippen molar-refractivity contribution in [2.45, 2.75) is 33.1 Å². The molecule has 71 valence electrons. The topological polar surface area (TPSA) is 33.0 Å². The summed E-state index contributed by atoms with van der Waals surface area (Å²) in [5.41, 5.74) is -0.0770. The van der Waals surface area contributed by atoms with Gasteiger partial charge in [0.25, 0.3) is 0 Å². The Morgan fingerprint density at radius 3 is 2.31 bits per heavy atom. The molecule has 2 nitrogen and oxygen atoms in total. The predicted molar refractivity (Wildman–Crippen MR) is 53.3 cm³/mol. The van der Waals surface area contributed by atoms with Gasteiger partial charge in [0.05, 0.1) is 11.5 Å². The number of nitrogens with zero attached hydrogens (tertiary/aromatic N) is 1. The zero-order valence-corrected chi connectivity index (χ0v) is 11.8. The van der Waals surface area contributed by atoms with Crippen molar-refractivity contribution in [2.24, 2.45) is 11.3 Å². The Kier molecular flexibility index (Phi) is 6.07. The molecule has 0 spiro atoms. The van der Waals surface area contributed by atoms with Crippen LogP contribution in [0.1, 0.15) is 33.1 Å². The molecule has 0 amide bonds. The molecular formula is C10H17InNO. The van der Waals surface area contributed by atoms with Gasteiger partial charge in [-0.3, -0.25) is 0 Å². The molecule has 1 fully saturated rings. The van der Waals surface area contributed by atoms with Crippen LogP contribution in [0.2, 0.25) is 0 Å². The minimum atomic E-state index is -0.0770. The van der Waals surface area contributed by atoms with Gasteiger partial charge in [-0.05, 0) is 25.2 Å². The number of hydrogen-bond donors (Lipinski definition) is 0. The first-order valence-corrected chi connectivity index (χ1v) is 4.67. The van der Waals surface area contributed by atoms with Gasteiger partial charge in [0.1, 0.15) is 0 Å². The Morgan fingerprint density at radius 2 is 1.92 bits per heavy atom. The molecule has 0 saturated carbocycles. The van der Waals surface area contributed by atoms with Crippen LogP contribution in [-0.4, -0.2) is 39.1 Å². The Labute approximate surface area is 99.4 Å². The second-order valence-electron chi connectivity index (χ2n) is 4.10. The fourth-order valence-corrected chi connectivity index (χ4v) is 1.91. The van der Waals surface area contributed by atoms with Crippen molar-refractivity contribution >= 4 is 25.8 Å². The summed E-state index contributed by atoms with van der Waals surface area (Å²) in [6.07, 6.45) is 2.86. The largest absolute Gasteiger partial charge is 0.381 e. The molecule has 13 heavy (non-hydrogen) atoms. The van der Waals surface area contributed by atoms with Crippen LogP contribution in [0.25, 0.3) is 0 Å². The van der Waals surface area contributed by atoms with Gasteiger partial charge in [-0.25, -0.2) is 0 Å². The van der Waals surface area contributed by atoms with E-state index in [1.165, 1.54) is 0 Å². The summed E-state index contributed by atoms with van der Waals surface area (Å²) in [7, 11) is 0. The van der Waals surface area contributed by atoms with E-state index in [9.17, 15) is 0 Å². The Morgan fingerprint density at radius 1 is 1.38 bits per heavy atom. The monoisotopic (exact) mass is 282 g/mol. The van der Waals surface area contributed by atoms with Gasteiger partial charge in [0.2, 0.25) is 0 Å². The summed E-state index contributed by atoms with van der Waals surface area (Å²) in [6.45, 7) is 5.88. The second-order valence-corrected chi connectivity index (χ2v) is 4.10. The fraction of sp³-hybridized carbons (Fsp3) is 0.900. The molecule has 0 aromatic heterocycles. The molecule has 0 N–H and O–H groups in total. The van der Waals surface area contributed by atoms with Gasteiger partial charge < -0.3 is 4.74 Å². The van der Waals surface area contributed by atoms with Crippen LogP contribution < -0.4 is 0 Å². The van der Waals surface area contributed by atoms with Crippen molar-refractivity contribution < 1.29 is 4.74 Å². The van der Waals surface area contributed by atoms with Crippen LogP contribution in [0.15, 0.2) is 0 Å². The summed E-state index contributed by atoms with van der Waals surface area (Å²) < 4.78 is 5.26. The summed E-state index contributed by atoms with van der Waals surface area (Å²) in [5.74, 6) is 0.614. The van der Waals surface area contributed by atoms with E-state index in [-0.39, 0.29) is 31.3 Å². The van der Waals surface area contributed by atoms with E-state index in [1.54, 1.807) is 0 Å². The first-order valence-electron chi connectivity index (χ1n) is 4.67. The van der Waals surface area contributed by atoms with Crippen LogP contribution in [-0.2, 0) is 4.74 Å². The molecule has 3 heteroatoms. The molecule has 1 saturated heterocycles. The molecule has 0 aliphatic carbocycles. The van der Waals surface area contributed by atoms with Crippen molar-refractivity contribution in [3.63, 3.8) is 0 Å². The van der Waals surface area contributed by atoms with Crippen molar-refractivity contribution in [1.82, 2.24) is 0 Å². The van der Waals surface area contributed by atoms with Crippen molar-refractivity contribution in [2.75, 3.05) is 13.2 Å². The van der Waals surface area contributed by atoms with E-state index in [1.807, 2.05) is 0 Å². The maximum absolute atomic E-state index is 9.08. The fourth-order valence-electron chi connectivity index (χ4n) is 1.91. The Hall–Kier alpha value is 0.320. The zero-order chi connectivity index (χ0) is 9.03. The maximum atomic E-state index is 9.08. The van der Waals surface area contributed by atoms with Crippen molar-refractivity contribution in [3.05, 3.63) is 0 Å². The van der Waals surface area contributed by atoms with Crippen LogP contribution in [0.3, 0.4) is 0 Å². The quantitative estimate of drug-likeness (QED) is 0.775. The first kappa shape index (κ1) is 13.3. The van der Waals surface area contributed by atoms with Gasteiger partial charge in [0.15, 0.2) is 0 Å². The van der Waals surface area contributed by atoms with E-state index < -0.39 is 0 Å². The third-order valence-electron chi connectivity index (χ3n) is 2.49. The third kappa shape index (κ3) is 3.91. The number of nitriles is 1. The van der Waals surface area contributed by atoms with Crippen molar-refractivity contribution in [1.29, 1.82) is 5.26 Å². The maximum Gasteiger partial charge on any atom is 0.0691 e. The summed E-state index contributed by atoms with van der Waals surface area (Å²) in [6, 6.07) is 2.47. The molecule has 3 radical (unpaired) electrons. The molecule has 0 atom stereocenters. The summed E-state index contributed by atoms with van der Waals surface area (Å²) in [4.78, 5) is 0. The Balaban J connectivity index is 0.00000144. The van der Waals surface area contributed by atoms with Gasteiger partial charge in [-0.15, -0.1) is 0 Å². The molecule has 1 aliphatic rings. The van der Waals surface area contributed by atoms with Crippen LogP contribution >= 0.6 is 0 Å². The smallest absolute Gasteiger partial charge is 0.0691 e. The van der Waals surface area contributed by atoms with E-state index in [0.717, 1.165) is 32.5 Å². The Bertz CT molecular complexity index is 180. The minimum absolute atomic E-state index is 0. The SMILES string of the molecule is CC(C)CC1(C#N)CCOCC1.[In]. The van der Waals surface area contributed by atoms with Crippen LogP contribution in [0, 0.1) is 22.7 Å². The standard InChI is InChI=1S/C10H17NO.In/c1-9(2)7-10(8-11)3-5-12-6-4-10;/h9H,3-7H2,1-2H3;. The van der Waals surface area contributed by atoms with E-state index >= 15 is 0 Å². The molecule has 1 heterocycles. The predicted octanol–water partition coefficient (Wildman–Crippen LogP) is 1.97. The van der Waals surface area contributed by atoms with Gasteiger partial charge in [-0.1, -0.05) is 13.8 Å². The number of rotatable bonds is 2. The normalized spacial score (nSPS) is 20.5. The molecule has 0 aromatic carbocycles. The number of hydrogen-bond acceptors (Lipinski definition) is 2. The molecule has 0 bridgehead atoms.